The molecule has 0 aliphatic carbocycles. The molecule has 2 aliphatic heterocycles. The van der Waals surface area contributed by atoms with Crippen molar-refractivity contribution >= 4 is 11.9 Å². The fraction of sp³-hybridized carbons (Fsp3) is 0.500. The number of allylic oxidation sites excluding steroid dienone is 1. The van der Waals surface area contributed by atoms with E-state index in [-0.39, 0.29) is 36.2 Å². The van der Waals surface area contributed by atoms with Gasteiger partial charge in [-0.3, -0.25) is 15.2 Å². The lowest BCUT2D eigenvalue weighted by molar-refractivity contribution is -0.143. The van der Waals surface area contributed by atoms with E-state index in [1.165, 1.54) is 0 Å². The van der Waals surface area contributed by atoms with Gasteiger partial charge in [0.05, 0.1) is 11.1 Å². The van der Waals surface area contributed by atoms with Gasteiger partial charge in [-0.2, -0.15) is 26.3 Å². The number of amides is 2. The summed E-state index contributed by atoms with van der Waals surface area (Å²) in [6, 6.07) is 1.12. The first kappa shape index (κ1) is 23.1. The molecule has 0 bridgehead atoms. The number of rotatable bonds is 4. The zero-order chi connectivity index (χ0) is 22.8. The van der Waals surface area contributed by atoms with Crippen LogP contribution in [0.5, 0.6) is 0 Å². The molecular weight excluding hydrogens is 426 g/mol. The number of urea groups is 1. The van der Waals surface area contributed by atoms with E-state index in [1.54, 1.807) is 11.9 Å². The van der Waals surface area contributed by atoms with E-state index in [4.69, 9.17) is 0 Å². The standard InChI is InChI=1S/C20H22F6N4O/c1-27-17-16(28-18(31)29-17)5-2-12-6-8-30(9-7-12)11-13-3-4-14(19(21,22)23)10-15(13)20(24,25)26/h2-5,10,12,16H,6-9,11H2,1H3,(H2,27,28,29,31). The zero-order valence-corrected chi connectivity index (χ0v) is 16.6. The number of hydrogen-bond acceptors (Lipinski definition) is 3. The Hall–Kier alpha value is -2.56. The lowest BCUT2D eigenvalue weighted by Gasteiger charge is -2.31. The molecule has 0 aromatic heterocycles. The van der Waals surface area contributed by atoms with E-state index in [0.717, 1.165) is 6.07 Å². The molecular formula is C20H22F6N4O. The van der Waals surface area contributed by atoms with Gasteiger partial charge in [0.2, 0.25) is 0 Å². The highest BCUT2D eigenvalue weighted by atomic mass is 19.4. The maximum Gasteiger partial charge on any atom is 0.416 e. The van der Waals surface area contributed by atoms with Gasteiger partial charge < -0.3 is 5.32 Å². The summed E-state index contributed by atoms with van der Waals surface area (Å²) < 4.78 is 78.5. The van der Waals surface area contributed by atoms with Gasteiger partial charge in [-0.25, -0.2) is 4.79 Å². The summed E-state index contributed by atoms with van der Waals surface area (Å²) in [7, 11) is 1.57. The Kier molecular flexibility index (Phi) is 6.63. The van der Waals surface area contributed by atoms with Crippen LogP contribution < -0.4 is 10.6 Å². The number of halogens is 6. The summed E-state index contributed by atoms with van der Waals surface area (Å²) in [6.07, 6.45) is -4.54. The highest BCUT2D eigenvalue weighted by molar-refractivity contribution is 6.08. The molecule has 2 heterocycles. The molecule has 31 heavy (non-hydrogen) atoms. The second kappa shape index (κ2) is 8.89. The number of aliphatic imine (C=N–C) groups is 1. The van der Waals surface area contributed by atoms with Gasteiger partial charge in [-0.05, 0) is 49.5 Å². The Morgan fingerprint density at radius 3 is 2.35 bits per heavy atom. The topological polar surface area (TPSA) is 56.7 Å². The summed E-state index contributed by atoms with van der Waals surface area (Å²) in [5, 5.41) is 5.29. The SMILES string of the molecule is CN=C1NC(=O)NC1C=CC1CCN(Cc2ccc(C(F)(F)F)cc2C(F)(F)F)CC1. The highest BCUT2D eigenvalue weighted by Crippen LogP contribution is 2.38. The first-order valence-corrected chi connectivity index (χ1v) is 9.69. The van der Waals surface area contributed by atoms with Crippen molar-refractivity contribution in [1.82, 2.24) is 15.5 Å². The summed E-state index contributed by atoms with van der Waals surface area (Å²) in [4.78, 5) is 17.2. The first-order valence-electron chi connectivity index (χ1n) is 9.69. The summed E-state index contributed by atoms with van der Waals surface area (Å²) in [6.45, 7) is 0.952. The van der Waals surface area contributed by atoms with E-state index in [9.17, 15) is 31.1 Å². The van der Waals surface area contributed by atoms with Crippen molar-refractivity contribution in [3.05, 3.63) is 47.0 Å². The van der Waals surface area contributed by atoms with Gasteiger partial charge in [0.15, 0.2) is 0 Å². The molecule has 2 N–H and O–H groups in total. The molecule has 11 heteroatoms. The minimum absolute atomic E-state index is 0.0708. The van der Waals surface area contributed by atoms with Crippen LogP contribution in [0.1, 0.15) is 29.5 Å². The van der Waals surface area contributed by atoms with E-state index in [2.05, 4.69) is 15.6 Å². The third-order valence-corrected chi connectivity index (χ3v) is 5.41. The number of piperidine rings is 1. The van der Waals surface area contributed by atoms with Crippen LogP contribution in [-0.4, -0.2) is 42.9 Å². The molecule has 1 aromatic carbocycles. The van der Waals surface area contributed by atoms with Crippen molar-refractivity contribution in [2.75, 3.05) is 20.1 Å². The molecule has 1 atom stereocenters. The molecule has 170 valence electrons. The molecule has 3 rings (SSSR count). The Bertz CT molecular complexity index is 869. The van der Waals surface area contributed by atoms with Crippen LogP contribution in [0, 0.1) is 5.92 Å². The number of hydrogen-bond donors (Lipinski definition) is 2. The molecule has 2 aliphatic rings. The van der Waals surface area contributed by atoms with Crippen LogP contribution in [0.2, 0.25) is 0 Å². The highest BCUT2D eigenvalue weighted by Gasteiger charge is 2.38. The molecule has 0 spiro atoms. The lowest BCUT2D eigenvalue weighted by Crippen LogP contribution is -2.34. The maximum atomic E-state index is 13.3. The second-order valence-electron chi connectivity index (χ2n) is 7.55. The van der Waals surface area contributed by atoms with Crippen molar-refractivity contribution < 1.29 is 31.1 Å². The van der Waals surface area contributed by atoms with Crippen LogP contribution in [0.3, 0.4) is 0 Å². The fourth-order valence-corrected chi connectivity index (χ4v) is 3.74. The average molecular weight is 448 g/mol. The Balaban J connectivity index is 1.62. The van der Waals surface area contributed by atoms with Crippen LogP contribution in [0.4, 0.5) is 31.1 Å². The molecule has 2 fully saturated rings. The predicted octanol–water partition coefficient (Wildman–Crippen LogP) is 4.20. The van der Waals surface area contributed by atoms with Crippen molar-refractivity contribution in [3.63, 3.8) is 0 Å². The maximum absolute atomic E-state index is 13.3. The largest absolute Gasteiger partial charge is 0.416 e. The summed E-state index contributed by atoms with van der Waals surface area (Å²) >= 11 is 0. The van der Waals surface area contributed by atoms with Crippen molar-refractivity contribution in [2.24, 2.45) is 10.9 Å². The minimum atomic E-state index is -4.87. The van der Waals surface area contributed by atoms with E-state index < -0.39 is 23.5 Å². The number of nitrogens with zero attached hydrogens (tertiary/aromatic N) is 2. The fourth-order valence-electron chi connectivity index (χ4n) is 3.74. The van der Waals surface area contributed by atoms with E-state index in [0.29, 0.717) is 37.8 Å². The first-order chi connectivity index (χ1) is 14.5. The number of carbonyl (C=O) groups excluding carboxylic acids is 1. The van der Waals surface area contributed by atoms with Crippen LogP contribution in [0.25, 0.3) is 0 Å². The van der Waals surface area contributed by atoms with E-state index >= 15 is 0 Å². The predicted molar refractivity (Wildman–Crippen MR) is 102 cm³/mol. The Morgan fingerprint density at radius 1 is 1.10 bits per heavy atom. The quantitative estimate of drug-likeness (QED) is 0.536. The van der Waals surface area contributed by atoms with Crippen molar-refractivity contribution in [3.8, 4) is 0 Å². The smallest absolute Gasteiger partial charge is 0.324 e. The van der Waals surface area contributed by atoms with Crippen LogP contribution >= 0.6 is 0 Å². The number of nitrogens with one attached hydrogen (secondary N) is 2. The van der Waals surface area contributed by atoms with Gasteiger partial charge >= 0.3 is 18.4 Å². The molecule has 0 radical (unpaired) electrons. The van der Waals surface area contributed by atoms with E-state index in [1.807, 2.05) is 12.2 Å². The minimum Gasteiger partial charge on any atom is -0.324 e. The second-order valence-corrected chi connectivity index (χ2v) is 7.55. The average Bonchev–Trinajstić information content (AvgIpc) is 3.06. The van der Waals surface area contributed by atoms with Gasteiger partial charge in [-0.15, -0.1) is 0 Å². The van der Waals surface area contributed by atoms with Crippen LogP contribution in [-0.2, 0) is 18.9 Å². The normalized spacial score (nSPS) is 22.9. The molecule has 1 unspecified atom stereocenters. The van der Waals surface area contributed by atoms with Crippen molar-refractivity contribution in [1.29, 1.82) is 0 Å². The summed E-state index contributed by atoms with van der Waals surface area (Å²) in [5.41, 5.74) is -2.73. The Labute approximate surface area is 175 Å². The number of carbonyl (C=O) groups is 1. The molecule has 2 saturated heterocycles. The Morgan fingerprint density at radius 2 is 1.77 bits per heavy atom. The van der Waals surface area contributed by atoms with Crippen molar-refractivity contribution in [2.45, 2.75) is 37.8 Å². The van der Waals surface area contributed by atoms with Gasteiger partial charge in [0.1, 0.15) is 11.9 Å². The number of alkyl halides is 6. The third kappa shape index (κ3) is 5.78. The van der Waals surface area contributed by atoms with Gasteiger partial charge in [0.25, 0.3) is 0 Å². The lowest BCUT2D eigenvalue weighted by atomic mass is 9.94. The monoisotopic (exact) mass is 448 g/mol. The number of amidine groups is 1. The van der Waals surface area contributed by atoms with Gasteiger partial charge in [-0.1, -0.05) is 18.2 Å². The zero-order valence-electron chi connectivity index (χ0n) is 16.6. The summed E-state index contributed by atoms with van der Waals surface area (Å²) in [5.74, 6) is 0.696. The molecule has 0 saturated carbocycles. The van der Waals surface area contributed by atoms with Gasteiger partial charge in [0, 0.05) is 13.6 Å². The molecule has 1 aromatic rings. The number of benzene rings is 1. The number of likely N-dealkylation sites (tertiary alicyclic amines) is 1. The van der Waals surface area contributed by atoms with Crippen LogP contribution in [0.15, 0.2) is 35.3 Å². The molecule has 5 nitrogen and oxygen atoms in total. The third-order valence-electron chi connectivity index (χ3n) is 5.41. The molecule has 2 amide bonds.